The molecule has 1 atom stereocenters. The number of hydrogen-bond donors (Lipinski definition) is 1. The summed E-state index contributed by atoms with van der Waals surface area (Å²) in [5.41, 5.74) is 4.38. The minimum absolute atomic E-state index is 0.159. The van der Waals surface area contributed by atoms with E-state index in [0.29, 0.717) is 6.04 Å². The molecule has 0 spiro atoms. The summed E-state index contributed by atoms with van der Waals surface area (Å²) in [4.78, 5) is 4.77. The second kappa shape index (κ2) is 5.90. The van der Waals surface area contributed by atoms with Gasteiger partial charge in [-0.2, -0.15) is 0 Å². The molecular formula is C18H24N2S. The summed E-state index contributed by atoms with van der Waals surface area (Å²) in [5, 5.41) is 7.12. The van der Waals surface area contributed by atoms with Crippen molar-refractivity contribution in [1.82, 2.24) is 10.3 Å². The van der Waals surface area contributed by atoms with Gasteiger partial charge in [0.1, 0.15) is 0 Å². The third kappa shape index (κ3) is 3.53. The minimum Gasteiger partial charge on any atom is -0.308 e. The van der Waals surface area contributed by atoms with Crippen molar-refractivity contribution < 1.29 is 0 Å². The van der Waals surface area contributed by atoms with E-state index in [1.165, 1.54) is 34.7 Å². The van der Waals surface area contributed by atoms with Crippen LogP contribution in [-0.2, 0) is 24.8 Å². The van der Waals surface area contributed by atoms with Crippen molar-refractivity contribution >= 4 is 11.3 Å². The van der Waals surface area contributed by atoms with Gasteiger partial charge in [0.25, 0.3) is 0 Å². The van der Waals surface area contributed by atoms with Crippen LogP contribution in [-0.4, -0.2) is 11.0 Å². The Hall–Kier alpha value is -1.19. The fourth-order valence-corrected chi connectivity index (χ4v) is 3.76. The van der Waals surface area contributed by atoms with Crippen LogP contribution in [0.4, 0.5) is 0 Å². The van der Waals surface area contributed by atoms with Gasteiger partial charge < -0.3 is 5.32 Å². The van der Waals surface area contributed by atoms with Crippen molar-refractivity contribution in [3.05, 3.63) is 51.5 Å². The molecule has 1 aliphatic rings. The molecule has 0 bridgehead atoms. The number of nitrogens with zero attached hydrogens (tertiary/aromatic N) is 1. The SMILES string of the molecule is CC(C)(C)c1nc(CNC2CCc3ccccc3C2)cs1. The Morgan fingerprint density at radius 3 is 2.71 bits per heavy atom. The molecule has 2 aromatic rings. The molecule has 0 fully saturated rings. The van der Waals surface area contributed by atoms with Gasteiger partial charge in [0.2, 0.25) is 0 Å². The van der Waals surface area contributed by atoms with Crippen LogP contribution in [0.3, 0.4) is 0 Å². The molecule has 0 amide bonds. The van der Waals surface area contributed by atoms with Gasteiger partial charge >= 0.3 is 0 Å². The van der Waals surface area contributed by atoms with Gasteiger partial charge in [-0.25, -0.2) is 4.98 Å². The number of rotatable bonds is 3. The number of fused-ring (bicyclic) bond motifs is 1. The molecule has 1 N–H and O–H groups in total. The minimum atomic E-state index is 0.159. The average molecular weight is 300 g/mol. The smallest absolute Gasteiger partial charge is 0.0982 e. The highest BCUT2D eigenvalue weighted by Gasteiger charge is 2.20. The normalized spacial score (nSPS) is 18.5. The van der Waals surface area contributed by atoms with Crippen LogP contribution in [0.1, 0.15) is 49.0 Å². The molecule has 0 saturated carbocycles. The lowest BCUT2D eigenvalue weighted by molar-refractivity contribution is 0.454. The summed E-state index contributed by atoms with van der Waals surface area (Å²) in [6.07, 6.45) is 3.57. The van der Waals surface area contributed by atoms with Crippen LogP contribution in [0, 0.1) is 0 Å². The summed E-state index contributed by atoms with van der Waals surface area (Å²) >= 11 is 1.78. The van der Waals surface area contributed by atoms with Gasteiger partial charge in [0, 0.05) is 23.4 Å². The first-order valence-corrected chi connectivity index (χ1v) is 8.65. The Bertz CT molecular complexity index is 610. The van der Waals surface area contributed by atoms with Crippen molar-refractivity contribution in [3.8, 4) is 0 Å². The molecule has 1 aromatic heterocycles. The predicted octanol–water partition coefficient (Wildman–Crippen LogP) is 4.09. The molecule has 1 aromatic carbocycles. The van der Waals surface area contributed by atoms with Crippen molar-refractivity contribution in [2.75, 3.05) is 0 Å². The largest absolute Gasteiger partial charge is 0.308 e. The van der Waals surface area contributed by atoms with Gasteiger partial charge in [-0.15, -0.1) is 11.3 Å². The third-order valence-corrected chi connectivity index (χ3v) is 5.43. The number of nitrogens with one attached hydrogen (secondary N) is 1. The Morgan fingerprint density at radius 1 is 1.24 bits per heavy atom. The molecule has 0 radical (unpaired) electrons. The zero-order valence-electron chi connectivity index (χ0n) is 13.1. The Morgan fingerprint density at radius 2 is 2.00 bits per heavy atom. The monoisotopic (exact) mass is 300 g/mol. The van der Waals surface area contributed by atoms with Crippen LogP contribution < -0.4 is 5.32 Å². The second-order valence-corrected chi connectivity index (χ2v) is 7.84. The van der Waals surface area contributed by atoms with Crippen molar-refractivity contribution in [2.45, 2.75) is 58.0 Å². The zero-order valence-corrected chi connectivity index (χ0v) is 14.0. The molecule has 3 rings (SSSR count). The van der Waals surface area contributed by atoms with Crippen LogP contribution in [0.15, 0.2) is 29.6 Å². The molecule has 21 heavy (non-hydrogen) atoms. The highest BCUT2D eigenvalue weighted by molar-refractivity contribution is 7.09. The van der Waals surface area contributed by atoms with E-state index in [-0.39, 0.29) is 5.41 Å². The van der Waals surface area contributed by atoms with E-state index in [0.717, 1.165) is 13.0 Å². The molecule has 112 valence electrons. The second-order valence-electron chi connectivity index (χ2n) is 6.98. The maximum atomic E-state index is 4.77. The number of hydrogen-bond acceptors (Lipinski definition) is 3. The quantitative estimate of drug-likeness (QED) is 0.923. The maximum Gasteiger partial charge on any atom is 0.0982 e. The van der Waals surface area contributed by atoms with Gasteiger partial charge in [-0.1, -0.05) is 45.0 Å². The van der Waals surface area contributed by atoms with Gasteiger partial charge in [-0.3, -0.25) is 0 Å². The van der Waals surface area contributed by atoms with Gasteiger partial charge in [0.15, 0.2) is 0 Å². The summed E-state index contributed by atoms with van der Waals surface area (Å²) < 4.78 is 0. The molecule has 1 unspecified atom stereocenters. The lowest BCUT2D eigenvalue weighted by Gasteiger charge is -2.25. The standard InChI is InChI=1S/C18H24N2S/c1-18(2,3)17-20-16(12-21-17)11-19-15-9-8-13-6-4-5-7-14(13)10-15/h4-7,12,15,19H,8-11H2,1-3H3. The first-order chi connectivity index (χ1) is 10.0. The summed E-state index contributed by atoms with van der Waals surface area (Å²) in [5.74, 6) is 0. The molecule has 2 nitrogen and oxygen atoms in total. The van der Waals surface area contributed by atoms with Crippen LogP contribution in [0.5, 0.6) is 0 Å². The van der Waals surface area contributed by atoms with E-state index in [4.69, 9.17) is 4.98 Å². The van der Waals surface area contributed by atoms with Crippen LogP contribution in [0.2, 0.25) is 0 Å². The first-order valence-electron chi connectivity index (χ1n) is 7.77. The predicted molar refractivity (Wildman–Crippen MR) is 89.9 cm³/mol. The lowest BCUT2D eigenvalue weighted by Crippen LogP contribution is -2.34. The summed E-state index contributed by atoms with van der Waals surface area (Å²) in [6, 6.07) is 9.41. The van der Waals surface area contributed by atoms with Gasteiger partial charge in [-0.05, 0) is 30.4 Å². The molecule has 3 heteroatoms. The highest BCUT2D eigenvalue weighted by atomic mass is 32.1. The van der Waals surface area contributed by atoms with E-state index >= 15 is 0 Å². The fraction of sp³-hybridized carbons (Fsp3) is 0.500. The fourth-order valence-electron chi connectivity index (χ4n) is 2.85. The molecular weight excluding hydrogens is 276 g/mol. The molecule has 0 aliphatic heterocycles. The lowest BCUT2D eigenvalue weighted by atomic mass is 9.88. The highest BCUT2D eigenvalue weighted by Crippen LogP contribution is 2.26. The molecule has 1 heterocycles. The van der Waals surface area contributed by atoms with E-state index in [9.17, 15) is 0 Å². The Kier molecular flexibility index (Phi) is 4.14. The van der Waals surface area contributed by atoms with E-state index in [2.05, 4.69) is 55.7 Å². The van der Waals surface area contributed by atoms with E-state index in [1.54, 1.807) is 11.3 Å². The zero-order chi connectivity index (χ0) is 14.9. The van der Waals surface area contributed by atoms with Crippen molar-refractivity contribution in [3.63, 3.8) is 0 Å². The molecule has 1 aliphatic carbocycles. The average Bonchev–Trinajstić information content (AvgIpc) is 2.94. The van der Waals surface area contributed by atoms with Crippen molar-refractivity contribution in [2.24, 2.45) is 0 Å². The third-order valence-electron chi connectivity index (χ3n) is 4.11. The number of aromatic nitrogens is 1. The Labute approximate surface area is 131 Å². The van der Waals surface area contributed by atoms with Crippen LogP contribution in [0.25, 0.3) is 0 Å². The number of benzene rings is 1. The first kappa shape index (κ1) is 14.7. The maximum absolute atomic E-state index is 4.77. The van der Waals surface area contributed by atoms with Gasteiger partial charge in [0.05, 0.1) is 10.7 Å². The number of thiazole rings is 1. The van der Waals surface area contributed by atoms with Crippen LogP contribution >= 0.6 is 11.3 Å². The Balaban J connectivity index is 1.58. The van der Waals surface area contributed by atoms with E-state index in [1.807, 2.05) is 0 Å². The summed E-state index contributed by atoms with van der Waals surface area (Å²) in [7, 11) is 0. The molecule has 0 saturated heterocycles. The summed E-state index contributed by atoms with van der Waals surface area (Å²) in [6.45, 7) is 7.56. The van der Waals surface area contributed by atoms with Crippen molar-refractivity contribution in [1.29, 1.82) is 0 Å². The number of aryl methyl sites for hydroxylation is 1. The van der Waals surface area contributed by atoms with E-state index < -0.39 is 0 Å². The topological polar surface area (TPSA) is 24.9 Å².